The van der Waals surface area contributed by atoms with Gasteiger partial charge in [0.1, 0.15) is 13.7 Å². The maximum atomic E-state index is 13.5. The van der Waals surface area contributed by atoms with Gasteiger partial charge in [-0.05, 0) is 37.0 Å². The van der Waals surface area contributed by atoms with Gasteiger partial charge in [-0.1, -0.05) is 49.1 Å². The summed E-state index contributed by atoms with van der Waals surface area (Å²) >= 11 is 0. The van der Waals surface area contributed by atoms with E-state index in [1.54, 1.807) is 0 Å². The number of anilines is 1. The number of nitrogens with zero attached hydrogens (tertiary/aromatic N) is 5. The number of nitrogens with one attached hydrogen (secondary N) is 1. The van der Waals surface area contributed by atoms with Crippen molar-refractivity contribution in [3.05, 3.63) is 75.8 Å². The van der Waals surface area contributed by atoms with Crippen LogP contribution in [0.25, 0.3) is 11.0 Å². The number of pyridine rings is 2. The minimum Gasteiger partial charge on any atom is -0.380 e. The van der Waals surface area contributed by atoms with Gasteiger partial charge >= 0.3 is 0 Å². The molecule has 8 heteroatoms. The van der Waals surface area contributed by atoms with Crippen LogP contribution < -0.4 is 16.1 Å². The van der Waals surface area contributed by atoms with Crippen molar-refractivity contribution in [2.24, 2.45) is 0 Å². The molecule has 0 bridgehead atoms. The molecule has 3 aromatic heterocycles. The third-order valence-corrected chi connectivity index (χ3v) is 8.38. The van der Waals surface area contributed by atoms with Crippen molar-refractivity contribution in [2.75, 3.05) is 5.32 Å². The van der Waals surface area contributed by atoms with E-state index in [0.717, 1.165) is 36.0 Å². The molecule has 0 saturated carbocycles. The van der Waals surface area contributed by atoms with E-state index in [1.165, 1.54) is 11.1 Å². The molecule has 1 N–H and O–H groups in total. The van der Waals surface area contributed by atoms with Gasteiger partial charge < -0.3 is 9.88 Å². The first-order chi connectivity index (χ1) is 15.8. The first kappa shape index (κ1) is 21.6. The highest BCUT2D eigenvalue weighted by Gasteiger charge is 2.24. The molecule has 0 spiro atoms. The molecule has 0 saturated heterocycles. The molecule has 33 heavy (non-hydrogen) atoms. The van der Waals surface area contributed by atoms with Crippen LogP contribution in [0.3, 0.4) is 0 Å². The smallest absolute Gasteiger partial charge is 0.196 e. The van der Waals surface area contributed by atoms with Crippen molar-refractivity contribution in [3.8, 4) is 0 Å². The van der Waals surface area contributed by atoms with Gasteiger partial charge in [0.2, 0.25) is 0 Å². The van der Waals surface area contributed by atoms with Crippen molar-refractivity contribution >= 4 is 30.1 Å². The molecule has 1 aromatic carbocycles. The van der Waals surface area contributed by atoms with Crippen LogP contribution in [-0.4, -0.2) is 38.7 Å². The largest absolute Gasteiger partial charge is 0.380 e. The third-order valence-electron chi connectivity index (χ3n) is 6.46. The lowest BCUT2D eigenvalue weighted by Gasteiger charge is -2.18. The summed E-state index contributed by atoms with van der Waals surface area (Å²) in [5.41, 5.74) is 5.12. The number of hydrogen-bond donors (Lipinski definition) is 1. The predicted octanol–water partition coefficient (Wildman–Crippen LogP) is 3.18. The van der Waals surface area contributed by atoms with Crippen LogP contribution in [0.4, 0.5) is 5.69 Å². The molecule has 170 valence electrons. The van der Waals surface area contributed by atoms with E-state index in [2.05, 4.69) is 71.4 Å². The van der Waals surface area contributed by atoms with Gasteiger partial charge in [0.15, 0.2) is 5.43 Å². The van der Waals surface area contributed by atoms with E-state index >= 15 is 0 Å². The Balaban J connectivity index is 1.49. The van der Waals surface area contributed by atoms with Gasteiger partial charge in [-0.2, -0.15) is 0 Å². The monoisotopic (exact) mass is 458 g/mol. The lowest BCUT2D eigenvalue weighted by Crippen LogP contribution is -2.43. The molecule has 1 aliphatic rings. The molecule has 0 fully saturated rings. The Bertz CT molecular complexity index is 1360. The van der Waals surface area contributed by atoms with E-state index in [9.17, 15) is 4.79 Å². The highest BCUT2D eigenvalue weighted by Crippen LogP contribution is 2.25. The summed E-state index contributed by atoms with van der Waals surface area (Å²) < 4.78 is 3.94. The normalized spacial score (nSPS) is 14.1. The van der Waals surface area contributed by atoms with E-state index in [0.29, 0.717) is 23.5 Å². The van der Waals surface area contributed by atoms with Gasteiger partial charge in [0, 0.05) is 29.7 Å². The lowest BCUT2D eigenvalue weighted by atomic mass is 10.1. The molecule has 3 heterocycles. The summed E-state index contributed by atoms with van der Waals surface area (Å²) in [6.07, 6.45) is 7.58. The van der Waals surface area contributed by atoms with Crippen LogP contribution >= 0.6 is 0 Å². The van der Waals surface area contributed by atoms with Crippen LogP contribution in [0.5, 0.6) is 0 Å². The molecular weight excluding hydrogens is 428 g/mol. The van der Waals surface area contributed by atoms with Crippen molar-refractivity contribution in [1.29, 1.82) is 0 Å². The lowest BCUT2D eigenvalue weighted by molar-refractivity contribution is 0.651. The summed E-state index contributed by atoms with van der Waals surface area (Å²) in [4.78, 5) is 18.2. The molecular formula is C25H30N6OSi. The third kappa shape index (κ3) is 4.11. The summed E-state index contributed by atoms with van der Waals surface area (Å²) in [5.74, 6) is 0. The number of fused-ring (bicyclic) bond motifs is 2. The molecule has 0 unspecified atom stereocenters. The minimum atomic E-state index is -1.62. The zero-order chi connectivity index (χ0) is 23.2. The molecule has 7 nitrogen and oxygen atoms in total. The fraction of sp³-hybridized carbons (Fsp3) is 0.360. The fourth-order valence-corrected chi connectivity index (χ4v) is 6.12. The Morgan fingerprint density at radius 1 is 1.12 bits per heavy atom. The average Bonchev–Trinajstić information content (AvgIpc) is 3.42. The van der Waals surface area contributed by atoms with Crippen molar-refractivity contribution in [1.82, 2.24) is 24.5 Å². The maximum Gasteiger partial charge on any atom is 0.196 e. The number of benzene rings is 1. The Morgan fingerprint density at radius 2 is 1.85 bits per heavy atom. The van der Waals surface area contributed by atoms with Crippen LogP contribution in [-0.2, 0) is 25.9 Å². The highest BCUT2D eigenvalue weighted by molar-refractivity contribution is 6.88. The minimum absolute atomic E-state index is 0.0117. The zero-order valence-corrected chi connectivity index (χ0v) is 20.7. The number of aromatic nitrogens is 5. The summed E-state index contributed by atoms with van der Waals surface area (Å²) in [6.45, 7) is 10.0. The van der Waals surface area contributed by atoms with Gasteiger partial charge in [-0.15, -0.1) is 5.10 Å². The van der Waals surface area contributed by atoms with E-state index < -0.39 is 8.07 Å². The van der Waals surface area contributed by atoms with E-state index in [1.807, 2.05) is 33.9 Å². The molecule has 4 aromatic rings. The SMILES string of the molecule is CCn1cc(Cn2nncc2[Si](C)(C)C)c(=O)c2cc(NC3Cc4ccccc4C3)cnc21. The second-order valence-corrected chi connectivity index (χ2v) is 14.9. The Kier molecular flexibility index (Phi) is 5.40. The van der Waals surface area contributed by atoms with E-state index in [4.69, 9.17) is 0 Å². The fourth-order valence-electron chi connectivity index (χ4n) is 4.78. The zero-order valence-electron chi connectivity index (χ0n) is 19.7. The second kappa shape index (κ2) is 8.26. The van der Waals surface area contributed by atoms with Crippen LogP contribution in [0, 0.1) is 0 Å². The first-order valence-electron chi connectivity index (χ1n) is 11.6. The van der Waals surface area contributed by atoms with Crippen molar-refractivity contribution in [2.45, 2.75) is 58.5 Å². The maximum absolute atomic E-state index is 13.5. The topological polar surface area (TPSA) is 77.6 Å². The van der Waals surface area contributed by atoms with Crippen LogP contribution in [0.1, 0.15) is 23.6 Å². The summed E-state index contributed by atoms with van der Waals surface area (Å²) in [6, 6.07) is 10.9. The van der Waals surface area contributed by atoms with Crippen molar-refractivity contribution in [3.63, 3.8) is 0 Å². The number of hydrogen-bond acceptors (Lipinski definition) is 5. The average molecular weight is 459 g/mol. The van der Waals surface area contributed by atoms with Gasteiger partial charge in [0.25, 0.3) is 0 Å². The Labute approximate surface area is 194 Å². The van der Waals surface area contributed by atoms with Gasteiger partial charge in [-0.25, -0.2) is 9.67 Å². The molecule has 5 rings (SSSR count). The quantitative estimate of drug-likeness (QED) is 0.449. The Hall–Kier alpha value is -3.26. The van der Waals surface area contributed by atoms with Gasteiger partial charge in [-0.3, -0.25) is 4.79 Å². The first-order valence-corrected chi connectivity index (χ1v) is 15.1. The molecule has 0 radical (unpaired) electrons. The van der Waals surface area contributed by atoms with Crippen molar-refractivity contribution < 1.29 is 0 Å². The molecule has 0 aliphatic heterocycles. The molecule has 0 atom stereocenters. The predicted molar refractivity (Wildman–Crippen MR) is 135 cm³/mol. The standard InChI is InChI=1S/C25H30N6OSi/c1-5-30-15-19(16-31-23(14-27-29-31)33(2,3)4)24(32)22-12-21(13-26-25(22)30)28-20-10-17-8-6-7-9-18(17)11-20/h6-9,12-15,20,28H,5,10-11,16H2,1-4H3. The second-order valence-electron chi connectivity index (χ2n) is 9.91. The van der Waals surface area contributed by atoms with Gasteiger partial charge in [0.05, 0.1) is 30.0 Å². The Morgan fingerprint density at radius 3 is 2.52 bits per heavy atom. The highest BCUT2D eigenvalue weighted by atomic mass is 28.3. The number of aryl methyl sites for hydroxylation is 1. The van der Waals surface area contributed by atoms with E-state index in [-0.39, 0.29) is 5.43 Å². The summed E-state index contributed by atoms with van der Waals surface area (Å²) in [5, 5.41) is 13.8. The van der Waals surface area contributed by atoms with Crippen LogP contribution in [0.15, 0.2) is 53.7 Å². The number of rotatable bonds is 6. The summed E-state index contributed by atoms with van der Waals surface area (Å²) in [7, 11) is -1.62. The van der Waals surface area contributed by atoms with Crippen LogP contribution in [0.2, 0.25) is 19.6 Å². The molecule has 0 amide bonds. The molecule has 1 aliphatic carbocycles.